The Bertz CT molecular complexity index is 695. The largest absolute Gasteiger partial charge is 0.436 e. The van der Waals surface area contributed by atoms with Gasteiger partial charge in [0.2, 0.25) is 0 Å². The van der Waals surface area contributed by atoms with Crippen LogP contribution in [0.2, 0.25) is 10.2 Å². The minimum atomic E-state index is -4.89. The first-order valence-corrected chi connectivity index (χ1v) is 5.73. The van der Waals surface area contributed by atoms with Gasteiger partial charge in [-0.05, 0) is 12.1 Å². The lowest BCUT2D eigenvalue weighted by molar-refractivity contribution is -0.141. The van der Waals surface area contributed by atoms with Crippen molar-refractivity contribution in [2.45, 2.75) is 6.18 Å². The number of para-hydroxylation sites is 1. The van der Waals surface area contributed by atoms with Gasteiger partial charge in [-0.3, -0.25) is 0 Å². The molecular formula is C11H3Cl2F4N3. The van der Waals surface area contributed by atoms with Gasteiger partial charge in [0.05, 0.1) is 5.02 Å². The third kappa shape index (κ3) is 2.32. The first-order valence-electron chi connectivity index (χ1n) is 4.97. The molecular weight excluding hydrogens is 321 g/mol. The first-order chi connectivity index (χ1) is 9.27. The summed E-state index contributed by atoms with van der Waals surface area (Å²) >= 11 is 11.4. The molecule has 0 aliphatic rings. The highest BCUT2D eigenvalue weighted by molar-refractivity contribution is 6.33. The smallest absolute Gasteiger partial charge is 0.216 e. The van der Waals surface area contributed by atoms with Gasteiger partial charge in [-0.2, -0.15) is 23.5 Å². The van der Waals surface area contributed by atoms with Crippen LogP contribution < -0.4 is 0 Å². The fourth-order valence-corrected chi connectivity index (χ4v) is 2.03. The molecule has 0 bridgehead atoms. The molecule has 1 heterocycles. The zero-order valence-electron chi connectivity index (χ0n) is 9.34. The van der Waals surface area contributed by atoms with Crippen LogP contribution in [-0.2, 0) is 6.18 Å². The molecule has 2 rings (SSSR count). The summed E-state index contributed by atoms with van der Waals surface area (Å²) in [5.41, 5.74) is -2.84. The molecule has 9 heteroatoms. The van der Waals surface area contributed by atoms with Crippen molar-refractivity contribution < 1.29 is 17.6 Å². The molecule has 0 spiro atoms. The Balaban J connectivity index is 2.78. The van der Waals surface area contributed by atoms with Crippen molar-refractivity contribution in [1.82, 2.24) is 9.78 Å². The number of halogens is 6. The van der Waals surface area contributed by atoms with Crippen LogP contribution in [0.4, 0.5) is 17.6 Å². The molecule has 0 saturated carbocycles. The van der Waals surface area contributed by atoms with Crippen LogP contribution in [0, 0.1) is 17.1 Å². The number of nitriles is 1. The van der Waals surface area contributed by atoms with Gasteiger partial charge in [-0.15, -0.1) is 0 Å². The van der Waals surface area contributed by atoms with Crippen LogP contribution in [-0.4, -0.2) is 9.78 Å². The Morgan fingerprint density at radius 2 is 1.90 bits per heavy atom. The molecule has 0 aliphatic carbocycles. The SMILES string of the molecule is N#Cc1c(C(F)(F)F)nn(-c2c(F)cccc2Cl)c1Cl. The second-order valence-corrected chi connectivity index (χ2v) is 4.37. The quantitative estimate of drug-likeness (QED) is 0.738. The molecule has 104 valence electrons. The third-order valence-electron chi connectivity index (χ3n) is 2.36. The molecule has 0 radical (unpaired) electrons. The van der Waals surface area contributed by atoms with E-state index in [1.165, 1.54) is 18.2 Å². The van der Waals surface area contributed by atoms with Crippen molar-refractivity contribution in [3.63, 3.8) is 0 Å². The van der Waals surface area contributed by atoms with Crippen molar-refractivity contribution >= 4 is 23.2 Å². The van der Waals surface area contributed by atoms with Gasteiger partial charge in [0.1, 0.15) is 23.1 Å². The van der Waals surface area contributed by atoms with Crippen molar-refractivity contribution in [3.05, 3.63) is 45.4 Å². The number of aromatic nitrogens is 2. The average Bonchev–Trinajstić information content (AvgIpc) is 2.66. The van der Waals surface area contributed by atoms with Crippen LogP contribution in [0.3, 0.4) is 0 Å². The van der Waals surface area contributed by atoms with E-state index in [0.717, 1.165) is 6.07 Å². The lowest BCUT2D eigenvalue weighted by Gasteiger charge is -2.06. The van der Waals surface area contributed by atoms with Gasteiger partial charge >= 0.3 is 6.18 Å². The zero-order valence-corrected chi connectivity index (χ0v) is 10.9. The van der Waals surface area contributed by atoms with E-state index in [1.807, 2.05) is 0 Å². The minimum Gasteiger partial charge on any atom is -0.216 e. The predicted octanol–water partition coefficient (Wildman–Crippen LogP) is 4.21. The fraction of sp³-hybridized carbons (Fsp3) is 0.0909. The summed E-state index contributed by atoms with van der Waals surface area (Å²) in [5, 5.41) is 11.1. The lowest BCUT2D eigenvalue weighted by Crippen LogP contribution is -2.09. The number of benzene rings is 1. The minimum absolute atomic E-state index is 0.187. The average molecular weight is 324 g/mol. The third-order valence-corrected chi connectivity index (χ3v) is 3.01. The highest BCUT2D eigenvalue weighted by Gasteiger charge is 2.40. The summed E-state index contributed by atoms with van der Waals surface area (Å²) in [5.74, 6) is -0.917. The summed E-state index contributed by atoms with van der Waals surface area (Å²) in [6.45, 7) is 0. The predicted molar refractivity (Wildman–Crippen MR) is 63.3 cm³/mol. The molecule has 0 amide bonds. The molecule has 0 unspecified atom stereocenters. The van der Waals surface area contributed by atoms with E-state index < -0.39 is 34.1 Å². The highest BCUT2D eigenvalue weighted by Crippen LogP contribution is 2.36. The fourth-order valence-electron chi connectivity index (χ4n) is 1.53. The number of hydrogen-bond donors (Lipinski definition) is 0. The monoisotopic (exact) mass is 323 g/mol. The lowest BCUT2D eigenvalue weighted by atomic mass is 10.2. The van der Waals surface area contributed by atoms with Crippen molar-refractivity contribution in [2.24, 2.45) is 0 Å². The maximum absolute atomic E-state index is 13.7. The molecule has 3 nitrogen and oxygen atoms in total. The number of nitrogens with zero attached hydrogens (tertiary/aromatic N) is 3. The Morgan fingerprint density at radius 3 is 2.35 bits per heavy atom. The van der Waals surface area contributed by atoms with E-state index in [-0.39, 0.29) is 5.02 Å². The Morgan fingerprint density at radius 1 is 1.25 bits per heavy atom. The van der Waals surface area contributed by atoms with E-state index in [0.29, 0.717) is 4.68 Å². The Labute approximate surface area is 119 Å². The van der Waals surface area contributed by atoms with E-state index in [1.54, 1.807) is 0 Å². The maximum atomic E-state index is 13.7. The second kappa shape index (κ2) is 4.96. The number of hydrogen-bond acceptors (Lipinski definition) is 2. The van der Waals surface area contributed by atoms with E-state index in [4.69, 9.17) is 28.5 Å². The summed E-state index contributed by atoms with van der Waals surface area (Å²) in [4.78, 5) is 0. The standard InChI is InChI=1S/C11H3Cl2F4N3/c12-6-2-1-3-7(14)8(6)20-10(13)5(4-18)9(19-20)11(15,16)17/h1-3H. The van der Waals surface area contributed by atoms with Crippen LogP contribution >= 0.6 is 23.2 Å². The molecule has 0 fully saturated rings. The highest BCUT2D eigenvalue weighted by atomic mass is 35.5. The summed E-state index contributed by atoms with van der Waals surface area (Å²) in [6, 6.07) is 4.82. The van der Waals surface area contributed by atoms with Gasteiger partial charge in [-0.1, -0.05) is 29.3 Å². The molecule has 2 aromatic rings. The summed E-state index contributed by atoms with van der Waals surface area (Å²) in [7, 11) is 0. The topological polar surface area (TPSA) is 41.6 Å². The number of rotatable bonds is 1. The molecule has 0 N–H and O–H groups in total. The van der Waals surface area contributed by atoms with Crippen molar-refractivity contribution in [3.8, 4) is 11.8 Å². The second-order valence-electron chi connectivity index (χ2n) is 3.61. The summed E-state index contributed by atoms with van der Waals surface area (Å²) < 4.78 is 52.3. The molecule has 0 saturated heterocycles. The van der Waals surface area contributed by atoms with Gasteiger partial charge in [0.25, 0.3) is 0 Å². The van der Waals surface area contributed by atoms with E-state index in [2.05, 4.69) is 5.10 Å². The molecule has 1 aromatic carbocycles. The zero-order chi connectivity index (χ0) is 15.1. The van der Waals surface area contributed by atoms with Crippen molar-refractivity contribution in [2.75, 3.05) is 0 Å². The normalized spacial score (nSPS) is 11.4. The van der Waals surface area contributed by atoms with Crippen molar-refractivity contribution in [1.29, 1.82) is 5.26 Å². The Hall–Kier alpha value is -1.78. The van der Waals surface area contributed by atoms with Gasteiger partial charge < -0.3 is 0 Å². The molecule has 20 heavy (non-hydrogen) atoms. The number of alkyl halides is 3. The van der Waals surface area contributed by atoms with Gasteiger partial charge in [0, 0.05) is 0 Å². The van der Waals surface area contributed by atoms with Gasteiger partial charge in [-0.25, -0.2) is 9.07 Å². The first kappa shape index (κ1) is 14.6. The van der Waals surface area contributed by atoms with Crippen LogP contribution in [0.25, 0.3) is 5.69 Å². The van der Waals surface area contributed by atoms with E-state index >= 15 is 0 Å². The van der Waals surface area contributed by atoms with Crippen LogP contribution in [0.1, 0.15) is 11.3 Å². The summed E-state index contributed by atoms with van der Waals surface area (Å²) in [6.07, 6.45) is -4.89. The van der Waals surface area contributed by atoms with Gasteiger partial charge in [0.15, 0.2) is 10.8 Å². The van der Waals surface area contributed by atoms with E-state index in [9.17, 15) is 17.6 Å². The molecule has 1 aromatic heterocycles. The van der Waals surface area contributed by atoms with Crippen LogP contribution in [0.5, 0.6) is 0 Å². The van der Waals surface area contributed by atoms with Crippen LogP contribution in [0.15, 0.2) is 18.2 Å². The molecule has 0 aliphatic heterocycles. The molecule has 0 atom stereocenters. The Kier molecular flexibility index (Phi) is 3.63. The maximum Gasteiger partial charge on any atom is 0.436 e.